The van der Waals surface area contributed by atoms with Gasteiger partial charge in [-0.2, -0.15) is 0 Å². The Morgan fingerprint density at radius 1 is 1.27 bits per heavy atom. The SMILES string of the molecule is C/C=C/CNC(C)(CC)CC. The molecular weight excluding hydrogens is 134 g/mol. The quantitative estimate of drug-likeness (QED) is 0.602. The summed E-state index contributed by atoms with van der Waals surface area (Å²) in [5.41, 5.74) is 0.333. The maximum Gasteiger partial charge on any atom is 0.0151 e. The minimum Gasteiger partial charge on any atom is -0.308 e. The second-order valence-corrected chi connectivity index (χ2v) is 3.22. The maximum absolute atomic E-state index is 3.51. The third-order valence-corrected chi connectivity index (χ3v) is 2.44. The zero-order valence-corrected chi connectivity index (χ0v) is 8.28. The largest absolute Gasteiger partial charge is 0.308 e. The van der Waals surface area contributed by atoms with Crippen LogP contribution in [0, 0.1) is 0 Å². The third kappa shape index (κ3) is 4.20. The van der Waals surface area contributed by atoms with Crippen molar-refractivity contribution >= 4 is 0 Å². The lowest BCUT2D eigenvalue weighted by molar-refractivity contribution is 0.346. The molecule has 0 aliphatic heterocycles. The van der Waals surface area contributed by atoms with Crippen molar-refractivity contribution in [2.75, 3.05) is 6.54 Å². The van der Waals surface area contributed by atoms with E-state index in [-0.39, 0.29) is 0 Å². The highest BCUT2D eigenvalue weighted by Crippen LogP contribution is 2.12. The van der Waals surface area contributed by atoms with Gasteiger partial charge in [-0.3, -0.25) is 0 Å². The van der Waals surface area contributed by atoms with Crippen LogP contribution >= 0.6 is 0 Å². The molecule has 1 heteroatoms. The van der Waals surface area contributed by atoms with Crippen molar-refractivity contribution in [3.05, 3.63) is 12.2 Å². The molecule has 0 fully saturated rings. The van der Waals surface area contributed by atoms with Crippen molar-refractivity contribution in [3.8, 4) is 0 Å². The Bertz CT molecular complexity index is 112. The zero-order valence-electron chi connectivity index (χ0n) is 8.28. The highest BCUT2D eigenvalue weighted by Gasteiger charge is 2.16. The molecule has 1 N–H and O–H groups in total. The van der Waals surface area contributed by atoms with E-state index in [1.807, 2.05) is 0 Å². The van der Waals surface area contributed by atoms with Crippen LogP contribution in [0.4, 0.5) is 0 Å². The molecule has 0 saturated carbocycles. The van der Waals surface area contributed by atoms with Gasteiger partial charge in [0.1, 0.15) is 0 Å². The second-order valence-electron chi connectivity index (χ2n) is 3.22. The molecule has 0 bridgehead atoms. The Morgan fingerprint density at radius 2 is 1.82 bits per heavy atom. The Balaban J connectivity index is 3.68. The molecule has 0 aliphatic rings. The molecule has 0 aliphatic carbocycles. The molecule has 0 amide bonds. The van der Waals surface area contributed by atoms with Gasteiger partial charge >= 0.3 is 0 Å². The Morgan fingerprint density at radius 3 is 2.18 bits per heavy atom. The minimum atomic E-state index is 0.333. The van der Waals surface area contributed by atoms with Crippen molar-refractivity contribution in [2.24, 2.45) is 0 Å². The first-order valence-corrected chi connectivity index (χ1v) is 4.54. The average molecular weight is 155 g/mol. The monoisotopic (exact) mass is 155 g/mol. The van der Waals surface area contributed by atoms with Gasteiger partial charge in [-0.1, -0.05) is 26.0 Å². The fourth-order valence-electron chi connectivity index (χ4n) is 0.923. The molecule has 0 spiro atoms. The Labute approximate surface area is 70.9 Å². The summed E-state index contributed by atoms with van der Waals surface area (Å²) in [5, 5.41) is 3.51. The first-order chi connectivity index (χ1) is 5.18. The third-order valence-electron chi connectivity index (χ3n) is 2.44. The van der Waals surface area contributed by atoms with E-state index in [0.29, 0.717) is 5.54 Å². The molecule has 0 aromatic carbocycles. The van der Waals surface area contributed by atoms with Gasteiger partial charge in [0.25, 0.3) is 0 Å². The van der Waals surface area contributed by atoms with E-state index in [4.69, 9.17) is 0 Å². The fourth-order valence-corrected chi connectivity index (χ4v) is 0.923. The van der Waals surface area contributed by atoms with Crippen molar-refractivity contribution in [2.45, 2.75) is 46.1 Å². The molecule has 0 rings (SSSR count). The van der Waals surface area contributed by atoms with Crippen LogP contribution in [0.5, 0.6) is 0 Å². The number of hydrogen-bond acceptors (Lipinski definition) is 1. The summed E-state index contributed by atoms with van der Waals surface area (Å²) in [5.74, 6) is 0. The maximum atomic E-state index is 3.51. The lowest BCUT2D eigenvalue weighted by Crippen LogP contribution is -2.41. The van der Waals surface area contributed by atoms with Crippen LogP contribution in [0.25, 0.3) is 0 Å². The van der Waals surface area contributed by atoms with Gasteiger partial charge in [0.15, 0.2) is 0 Å². The molecule has 0 atom stereocenters. The van der Waals surface area contributed by atoms with Crippen molar-refractivity contribution in [3.63, 3.8) is 0 Å². The van der Waals surface area contributed by atoms with E-state index in [0.717, 1.165) is 6.54 Å². The molecule has 0 heterocycles. The minimum absolute atomic E-state index is 0.333. The number of hydrogen-bond donors (Lipinski definition) is 1. The molecule has 0 unspecified atom stereocenters. The van der Waals surface area contributed by atoms with Gasteiger partial charge in [-0.15, -0.1) is 0 Å². The van der Waals surface area contributed by atoms with Crippen LogP contribution < -0.4 is 5.32 Å². The van der Waals surface area contributed by atoms with E-state index in [2.05, 4.69) is 45.2 Å². The molecule has 0 aromatic heterocycles. The molecule has 66 valence electrons. The number of rotatable bonds is 5. The summed E-state index contributed by atoms with van der Waals surface area (Å²) in [7, 11) is 0. The lowest BCUT2D eigenvalue weighted by Gasteiger charge is -2.27. The van der Waals surface area contributed by atoms with E-state index >= 15 is 0 Å². The Kier molecular flexibility index (Phi) is 5.22. The van der Waals surface area contributed by atoms with Gasteiger partial charge in [-0.25, -0.2) is 0 Å². The van der Waals surface area contributed by atoms with Crippen LogP contribution in [0.3, 0.4) is 0 Å². The van der Waals surface area contributed by atoms with E-state index in [9.17, 15) is 0 Å². The normalized spacial score (nSPS) is 12.7. The van der Waals surface area contributed by atoms with Gasteiger partial charge in [0, 0.05) is 12.1 Å². The summed E-state index contributed by atoms with van der Waals surface area (Å²) in [6.45, 7) is 9.78. The smallest absolute Gasteiger partial charge is 0.0151 e. The lowest BCUT2D eigenvalue weighted by atomic mass is 9.96. The summed E-state index contributed by atoms with van der Waals surface area (Å²) in [6.07, 6.45) is 6.63. The highest BCUT2D eigenvalue weighted by atomic mass is 14.9. The molecule has 0 radical (unpaired) electrons. The number of allylic oxidation sites excluding steroid dienone is 1. The summed E-state index contributed by atoms with van der Waals surface area (Å²) in [4.78, 5) is 0. The van der Waals surface area contributed by atoms with Crippen LogP contribution in [0.15, 0.2) is 12.2 Å². The van der Waals surface area contributed by atoms with Crippen LogP contribution in [-0.4, -0.2) is 12.1 Å². The second kappa shape index (κ2) is 5.36. The van der Waals surface area contributed by atoms with Gasteiger partial charge in [0.05, 0.1) is 0 Å². The van der Waals surface area contributed by atoms with E-state index < -0.39 is 0 Å². The van der Waals surface area contributed by atoms with Crippen LogP contribution in [0.2, 0.25) is 0 Å². The average Bonchev–Trinajstić information content (AvgIpc) is 2.05. The fraction of sp³-hybridized carbons (Fsp3) is 0.800. The number of nitrogens with one attached hydrogen (secondary N) is 1. The highest BCUT2D eigenvalue weighted by molar-refractivity contribution is 4.86. The zero-order chi connectivity index (χ0) is 8.74. The van der Waals surface area contributed by atoms with Gasteiger partial charge in [-0.05, 0) is 26.7 Å². The molecule has 11 heavy (non-hydrogen) atoms. The predicted molar refractivity (Wildman–Crippen MR) is 51.8 cm³/mol. The van der Waals surface area contributed by atoms with Crippen molar-refractivity contribution in [1.82, 2.24) is 5.32 Å². The summed E-state index contributed by atoms with van der Waals surface area (Å²) >= 11 is 0. The summed E-state index contributed by atoms with van der Waals surface area (Å²) < 4.78 is 0. The topological polar surface area (TPSA) is 12.0 Å². The molecule has 1 nitrogen and oxygen atoms in total. The molecular formula is C10H21N. The molecule has 0 aromatic rings. The Hall–Kier alpha value is -0.300. The first-order valence-electron chi connectivity index (χ1n) is 4.54. The van der Waals surface area contributed by atoms with Crippen molar-refractivity contribution in [1.29, 1.82) is 0 Å². The van der Waals surface area contributed by atoms with Crippen LogP contribution in [-0.2, 0) is 0 Å². The van der Waals surface area contributed by atoms with E-state index in [1.54, 1.807) is 0 Å². The van der Waals surface area contributed by atoms with E-state index in [1.165, 1.54) is 12.8 Å². The predicted octanol–water partition coefficient (Wildman–Crippen LogP) is 2.73. The van der Waals surface area contributed by atoms with Gasteiger partial charge < -0.3 is 5.32 Å². The first kappa shape index (κ1) is 10.7. The molecule has 0 saturated heterocycles. The van der Waals surface area contributed by atoms with Crippen molar-refractivity contribution < 1.29 is 0 Å². The standard InChI is InChI=1S/C10H21N/c1-5-8-9-11-10(4,6-2)7-3/h5,8,11H,6-7,9H2,1-4H3/b8-5+. The summed E-state index contributed by atoms with van der Waals surface area (Å²) in [6, 6.07) is 0. The van der Waals surface area contributed by atoms with Gasteiger partial charge in [0.2, 0.25) is 0 Å². The van der Waals surface area contributed by atoms with Crippen LogP contribution in [0.1, 0.15) is 40.5 Å².